The molecule has 3 aromatic rings. The van der Waals surface area contributed by atoms with Crippen molar-refractivity contribution >= 4 is 62.9 Å². The summed E-state index contributed by atoms with van der Waals surface area (Å²) in [4.78, 5) is 28.8. The summed E-state index contributed by atoms with van der Waals surface area (Å²) in [5, 5.41) is 4.84. The predicted octanol–water partition coefficient (Wildman–Crippen LogP) is 4.32. The molecular formula is C23H20ClN5O2S. The molecule has 0 bridgehead atoms. The Morgan fingerprint density at radius 2 is 2.06 bits per heavy atom. The lowest BCUT2D eigenvalue weighted by atomic mass is 10.1. The maximum Gasteiger partial charge on any atom is 0.264 e. The van der Waals surface area contributed by atoms with Crippen LogP contribution in [0.15, 0.2) is 52.6 Å². The molecule has 2 aliphatic rings. The lowest BCUT2D eigenvalue weighted by Crippen LogP contribution is -2.36. The van der Waals surface area contributed by atoms with E-state index in [2.05, 4.69) is 25.2 Å². The van der Waals surface area contributed by atoms with E-state index in [4.69, 9.17) is 16.3 Å². The molecular weight excluding hydrogens is 446 g/mol. The van der Waals surface area contributed by atoms with Gasteiger partial charge in [-0.05, 0) is 54.1 Å². The number of aryl methyl sites for hydroxylation is 1. The van der Waals surface area contributed by atoms with Crippen molar-refractivity contribution in [3.8, 4) is 0 Å². The van der Waals surface area contributed by atoms with E-state index < -0.39 is 0 Å². The number of nitrogens with zero attached hydrogens (tertiary/aromatic N) is 4. The van der Waals surface area contributed by atoms with Crippen molar-refractivity contribution in [1.29, 1.82) is 0 Å². The number of anilines is 1. The molecule has 0 aliphatic carbocycles. The maximum absolute atomic E-state index is 12.6. The Bertz CT molecular complexity index is 1250. The van der Waals surface area contributed by atoms with Gasteiger partial charge in [0, 0.05) is 18.5 Å². The number of amidine groups is 1. The van der Waals surface area contributed by atoms with Gasteiger partial charge in [-0.1, -0.05) is 29.8 Å². The quantitative estimate of drug-likeness (QED) is 0.580. The molecule has 0 radical (unpaired) electrons. The third kappa shape index (κ3) is 4.21. The van der Waals surface area contributed by atoms with Crippen LogP contribution >= 0.6 is 23.4 Å². The van der Waals surface area contributed by atoms with Gasteiger partial charge in [-0.15, -0.1) is 0 Å². The predicted molar refractivity (Wildman–Crippen MR) is 130 cm³/mol. The highest BCUT2D eigenvalue weighted by atomic mass is 35.5. The second-order valence-electron chi connectivity index (χ2n) is 7.46. The SMILES string of the molecule is Cc1cccc(Cl)c1N=C1NC(=O)/C(=C/c2ccc3ncnc(N4CCOCC4)c3c2)S1. The van der Waals surface area contributed by atoms with Crippen molar-refractivity contribution in [3.05, 3.63) is 63.8 Å². The maximum atomic E-state index is 12.6. The summed E-state index contributed by atoms with van der Waals surface area (Å²) in [6.07, 6.45) is 3.45. The van der Waals surface area contributed by atoms with Gasteiger partial charge in [0.05, 0.1) is 34.3 Å². The fourth-order valence-electron chi connectivity index (χ4n) is 3.68. The number of nitrogens with one attached hydrogen (secondary N) is 1. The average molecular weight is 466 g/mol. The summed E-state index contributed by atoms with van der Waals surface area (Å²) >= 11 is 7.57. The molecule has 2 fully saturated rings. The van der Waals surface area contributed by atoms with E-state index in [0.29, 0.717) is 34.0 Å². The largest absolute Gasteiger partial charge is 0.378 e. The first-order valence-corrected chi connectivity index (χ1v) is 11.4. The van der Waals surface area contributed by atoms with Gasteiger partial charge in [0.25, 0.3) is 5.91 Å². The first-order chi connectivity index (χ1) is 15.6. The Balaban J connectivity index is 1.46. The monoisotopic (exact) mass is 465 g/mol. The van der Waals surface area contributed by atoms with Crippen molar-refractivity contribution < 1.29 is 9.53 Å². The average Bonchev–Trinajstić information content (AvgIpc) is 3.15. The minimum Gasteiger partial charge on any atom is -0.378 e. The van der Waals surface area contributed by atoms with E-state index in [1.807, 2.05) is 43.3 Å². The smallest absolute Gasteiger partial charge is 0.264 e. The Hall–Kier alpha value is -2.94. The molecule has 7 nitrogen and oxygen atoms in total. The number of aromatic nitrogens is 2. The van der Waals surface area contributed by atoms with Crippen LogP contribution in [0.5, 0.6) is 0 Å². The number of hydrogen-bond donors (Lipinski definition) is 1. The van der Waals surface area contributed by atoms with Crippen molar-refractivity contribution in [2.75, 3.05) is 31.2 Å². The molecule has 1 N–H and O–H groups in total. The van der Waals surface area contributed by atoms with E-state index in [-0.39, 0.29) is 5.91 Å². The third-order valence-electron chi connectivity index (χ3n) is 5.30. The molecule has 9 heteroatoms. The molecule has 2 aliphatic heterocycles. The van der Waals surface area contributed by atoms with Crippen LogP contribution in [0, 0.1) is 6.92 Å². The summed E-state index contributed by atoms with van der Waals surface area (Å²) in [7, 11) is 0. The van der Waals surface area contributed by atoms with Crippen LogP contribution in [0.3, 0.4) is 0 Å². The van der Waals surface area contributed by atoms with Crippen molar-refractivity contribution in [3.63, 3.8) is 0 Å². The highest BCUT2D eigenvalue weighted by molar-refractivity contribution is 8.18. The third-order valence-corrected chi connectivity index (χ3v) is 6.51. The molecule has 0 atom stereocenters. The van der Waals surface area contributed by atoms with Gasteiger partial charge in [-0.3, -0.25) is 4.79 Å². The Morgan fingerprint density at radius 3 is 2.88 bits per heavy atom. The molecule has 3 heterocycles. The lowest BCUT2D eigenvalue weighted by Gasteiger charge is -2.28. The molecule has 0 saturated carbocycles. The standard InChI is InChI=1S/C23H20ClN5O2S/c1-14-3-2-4-17(24)20(14)27-23-28-22(30)19(32-23)12-15-5-6-18-16(11-15)21(26-13-25-18)29-7-9-31-10-8-29/h2-6,11-13H,7-10H2,1H3,(H,27,28,30)/b19-12-. The van der Waals surface area contributed by atoms with Gasteiger partial charge in [0.2, 0.25) is 0 Å². The zero-order chi connectivity index (χ0) is 22.1. The summed E-state index contributed by atoms with van der Waals surface area (Å²) in [5.41, 5.74) is 3.37. The van der Waals surface area contributed by atoms with E-state index in [9.17, 15) is 4.79 Å². The number of aliphatic imine (C=N–C) groups is 1. The summed E-state index contributed by atoms with van der Waals surface area (Å²) in [5.74, 6) is 0.704. The zero-order valence-corrected chi connectivity index (χ0v) is 18.9. The number of morpholine rings is 1. The van der Waals surface area contributed by atoms with E-state index in [0.717, 1.165) is 40.9 Å². The number of fused-ring (bicyclic) bond motifs is 1. The highest BCUT2D eigenvalue weighted by Crippen LogP contribution is 2.33. The molecule has 32 heavy (non-hydrogen) atoms. The highest BCUT2D eigenvalue weighted by Gasteiger charge is 2.24. The minimum absolute atomic E-state index is 0.184. The number of rotatable bonds is 3. The molecule has 0 unspecified atom stereocenters. The Kier molecular flexibility index (Phi) is 5.82. The van der Waals surface area contributed by atoms with Gasteiger partial charge in [-0.2, -0.15) is 0 Å². The van der Waals surface area contributed by atoms with Crippen LogP contribution in [0.2, 0.25) is 5.02 Å². The second-order valence-corrected chi connectivity index (χ2v) is 8.90. The van der Waals surface area contributed by atoms with Crippen LogP contribution in [0.4, 0.5) is 11.5 Å². The number of thioether (sulfide) groups is 1. The molecule has 5 rings (SSSR count). The second kappa shape index (κ2) is 8.90. The molecule has 1 amide bonds. The van der Waals surface area contributed by atoms with Crippen LogP contribution < -0.4 is 10.2 Å². The van der Waals surface area contributed by atoms with Crippen LogP contribution in [-0.2, 0) is 9.53 Å². The first-order valence-electron chi connectivity index (χ1n) is 10.2. The number of carbonyl (C=O) groups is 1. The van der Waals surface area contributed by atoms with Crippen LogP contribution in [0.1, 0.15) is 11.1 Å². The number of para-hydroxylation sites is 1. The summed E-state index contributed by atoms with van der Waals surface area (Å²) < 4.78 is 5.46. The Labute approximate surface area is 194 Å². The number of amides is 1. The zero-order valence-electron chi connectivity index (χ0n) is 17.3. The van der Waals surface area contributed by atoms with Gasteiger partial charge in [0.1, 0.15) is 12.1 Å². The summed E-state index contributed by atoms with van der Waals surface area (Å²) in [6.45, 7) is 4.87. The fraction of sp³-hybridized carbons (Fsp3) is 0.217. The molecule has 1 aromatic heterocycles. The number of benzene rings is 2. The van der Waals surface area contributed by atoms with Crippen molar-refractivity contribution in [2.45, 2.75) is 6.92 Å². The minimum atomic E-state index is -0.184. The van der Waals surface area contributed by atoms with E-state index in [1.54, 1.807) is 12.4 Å². The van der Waals surface area contributed by atoms with Crippen molar-refractivity contribution in [1.82, 2.24) is 15.3 Å². The van der Waals surface area contributed by atoms with E-state index in [1.165, 1.54) is 11.8 Å². The lowest BCUT2D eigenvalue weighted by molar-refractivity contribution is -0.115. The van der Waals surface area contributed by atoms with E-state index >= 15 is 0 Å². The molecule has 2 aromatic carbocycles. The number of hydrogen-bond acceptors (Lipinski definition) is 7. The van der Waals surface area contributed by atoms with Gasteiger partial charge in [-0.25, -0.2) is 15.0 Å². The fourth-order valence-corrected chi connectivity index (χ4v) is 4.77. The normalized spacial score (nSPS) is 19.2. The first kappa shape index (κ1) is 20.9. The van der Waals surface area contributed by atoms with Gasteiger partial charge < -0.3 is 15.0 Å². The van der Waals surface area contributed by atoms with Crippen LogP contribution in [-0.4, -0.2) is 47.3 Å². The van der Waals surface area contributed by atoms with Gasteiger partial charge in [0.15, 0.2) is 5.17 Å². The van der Waals surface area contributed by atoms with Crippen LogP contribution in [0.25, 0.3) is 17.0 Å². The number of halogens is 1. The molecule has 0 spiro atoms. The molecule has 162 valence electrons. The number of ether oxygens (including phenoxy) is 1. The molecule has 2 saturated heterocycles. The summed E-state index contributed by atoms with van der Waals surface area (Å²) in [6, 6.07) is 11.5. The Morgan fingerprint density at radius 1 is 1.22 bits per heavy atom. The number of carbonyl (C=O) groups excluding carboxylic acids is 1. The van der Waals surface area contributed by atoms with Crippen molar-refractivity contribution in [2.24, 2.45) is 4.99 Å². The topological polar surface area (TPSA) is 79.7 Å². The van der Waals surface area contributed by atoms with Gasteiger partial charge >= 0.3 is 0 Å².